The molecule has 1 radical (unpaired) electrons. The topological polar surface area (TPSA) is 19.9 Å². The summed E-state index contributed by atoms with van der Waals surface area (Å²) in [5.41, 5.74) is 0. The van der Waals surface area contributed by atoms with E-state index in [1.807, 2.05) is 36.4 Å². The smallest absolute Gasteiger partial charge is 0.186 e. The van der Waals surface area contributed by atoms with Crippen molar-refractivity contribution in [1.82, 2.24) is 0 Å². The Hall–Kier alpha value is -2.54. The third-order valence-electron chi connectivity index (χ3n) is 3.73. The lowest BCUT2D eigenvalue weighted by atomic mass is 9.96. The predicted octanol–water partition coefficient (Wildman–Crippen LogP) is 5.29. The Morgan fingerprint density at radius 1 is 0.526 bits per heavy atom. The number of hydrogen-bond acceptors (Lipinski definition) is 0. The van der Waals surface area contributed by atoms with Gasteiger partial charge in [0, 0.05) is 5.39 Å². The van der Waals surface area contributed by atoms with Crippen LogP contribution in [0.3, 0.4) is 0 Å². The maximum atomic E-state index is 12.0. The van der Waals surface area contributed by atoms with Crippen LogP contribution in [0.5, 0.6) is 5.75 Å². The van der Waals surface area contributed by atoms with Crippen molar-refractivity contribution in [2.24, 2.45) is 0 Å². The molecular formula is C18H11O. The van der Waals surface area contributed by atoms with Crippen LogP contribution in [0.1, 0.15) is 0 Å². The number of fused-ring (bicyclic) bond motifs is 5. The summed E-state index contributed by atoms with van der Waals surface area (Å²) in [5.74, 6) is 0.0901. The van der Waals surface area contributed by atoms with Crippen LogP contribution in [0.4, 0.5) is 0 Å². The maximum absolute atomic E-state index is 12.0. The zero-order chi connectivity index (χ0) is 12.8. The lowest BCUT2D eigenvalue weighted by Gasteiger charge is -2.08. The van der Waals surface area contributed by atoms with Gasteiger partial charge in [-0.25, -0.2) is 0 Å². The normalized spacial score (nSPS) is 11.4. The van der Waals surface area contributed by atoms with Crippen LogP contribution in [0, 0.1) is 0 Å². The van der Waals surface area contributed by atoms with Crippen LogP contribution in [-0.2, 0) is 5.11 Å². The summed E-state index contributed by atoms with van der Waals surface area (Å²) in [7, 11) is 0. The van der Waals surface area contributed by atoms with Crippen molar-refractivity contribution in [3.05, 3.63) is 66.7 Å². The molecule has 1 heteroatoms. The molecule has 4 rings (SSSR count). The highest BCUT2D eigenvalue weighted by molar-refractivity contribution is 6.20. The van der Waals surface area contributed by atoms with Crippen LogP contribution in [0.2, 0.25) is 0 Å². The van der Waals surface area contributed by atoms with E-state index in [4.69, 9.17) is 0 Å². The van der Waals surface area contributed by atoms with E-state index >= 15 is 0 Å². The molecule has 0 bridgehead atoms. The second kappa shape index (κ2) is 3.72. The third-order valence-corrected chi connectivity index (χ3v) is 3.73. The highest BCUT2D eigenvalue weighted by Gasteiger charge is 2.07. The van der Waals surface area contributed by atoms with E-state index in [-0.39, 0.29) is 5.75 Å². The molecule has 19 heavy (non-hydrogen) atoms. The molecule has 0 amide bonds. The minimum absolute atomic E-state index is 0.0901. The molecule has 0 saturated heterocycles. The molecular weight excluding hydrogens is 232 g/mol. The van der Waals surface area contributed by atoms with Crippen LogP contribution >= 0.6 is 0 Å². The SMILES string of the molecule is [O]c1cccc2c1ccc1ccc3ccccc3c12. The standard InChI is InChI=1S/C18H11O/c19-17-7-3-6-16-15(17)11-10-13-9-8-12-4-1-2-5-14(12)18(13)16/h1-11H. The van der Waals surface area contributed by atoms with E-state index in [0.29, 0.717) is 0 Å². The van der Waals surface area contributed by atoms with Crippen molar-refractivity contribution in [3.8, 4) is 5.75 Å². The molecule has 0 N–H and O–H groups in total. The highest BCUT2D eigenvalue weighted by atomic mass is 16.3. The fourth-order valence-corrected chi connectivity index (χ4v) is 2.83. The number of rotatable bonds is 0. The van der Waals surface area contributed by atoms with Gasteiger partial charge in [-0.2, -0.15) is 0 Å². The van der Waals surface area contributed by atoms with Crippen molar-refractivity contribution in [2.45, 2.75) is 0 Å². The van der Waals surface area contributed by atoms with E-state index in [1.165, 1.54) is 21.5 Å². The van der Waals surface area contributed by atoms with Gasteiger partial charge in [-0.3, -0.25) is 5.11 Å². The molecule has 0 unspecified atom stereocenters. The first-order valence-corrected chi connectivity index (χ1v) is 6.35. The van der Waals surface area contributed by atoms with Gasteiger partial charge in [-0.05, 0) is 39.1 Å². The molecule has 0 aliphatic rings. The largest absolute Gasteiger partial charge is 0.289 e. The summed E-state index contributed by atoms with van der Waals surface area (Å²) in [6.07, 6.45) is 0. The van der Waals surface area contributed by atoms with Crippen molar-refractivity contribution in [3.63, 3.8) is 0 Å². The van der Waals surface area contributed by atoms with Gasteiger partial charge in [0.05, 0.1) is 0 Å². The first kappa shape index (κ1) is 10.4. The lowest BCUT2D eigenvalue weighted by molar-refractivity contribution is 0.360. The summed E-state index contributed by atoms with van der Waals surface area (Å²) < 4.78 is 0. The molecule has 0 atom stereocenters. The van der Waals surface area contributed by atoms with Crippen molar-refractivity contribution < 1.29 is 5.11 Å². The lowest BCUT2D eigenvalue weighted by Crippen LogP contribution is -1.81. The van der Waals surface area contributed by atoms with Crippen molar-refractivity contribution in [2.75, 3.05) is 0 Å². The fraction of sp³-hybridized carbons (Fsp3) is 0. The zero-order valence-electron chi connectivity index (χ0n) is 10.3. The van der Waals surface area contributed by atoms with Gasteiger partial charge in [0.2, 0.25) is 0 Å². The van der Waals surface area contributed by atoms with Crippen molar-refractivity contribution >= 4 is 32.3 Å². The summed E-state index contributed by atoms with van der Waals surface area (Å²) in [5, 5.41) is 18.6. The van der Waals surface area contributed by atoms with Gasteiger partial charge < -0.3 is 0 Å². The van der Waals surface area contributed by atoms with Gasteiger partial charge in [0.25, 0.3) is 0 Å². The van der Waals surface area contributed by atoms with E-state index in [0.717, 1.165) is 10.8 Å². The minimum atomic E-state index is 0.0901. The van der Waals surface area contributed by atoms with Crippen LogP contribution in [0.15, 0.2) is 66.7 Å². The van der Waals surface area contributed by atoms with E-state index in [2.05, 4.69) is 24.3 Å². The number of hydrogen-bond donors (Lipinski definition) is 0. The van der Waals surface area contributed by atoms with Crippen LogP contribution in [0.25, 0.3) is 32.3 Å². The van der Waals surface area contributed by atoms with E-state index < -0.39 is 0 Å². The second-order valence-corrected chi connectivity index (χ2v) is 4.80. The Morgan fingerprint density at radius 2 is 1.26 bits per heavy atom. The Labute approximate surface area is 110 Å². The van der Waals surface area contributed by atoms with Gasteiger partial charge in [-0.15, -0.1) is 0 Å². The molecule has 4 aromatic rings. The van der Waals surface area contributed by atoms with Gasteiger partial charge >= 0.3 is 0 Å². The van der Waals surface area contributed by atoms with Gasteiger partial charge in [-0.1, -0.05) is 54.6 Å². The van der Waals surface area contributed by atoms with Crippen molar-refractivity contribution in [1.29, 1.82) is 0 Å². The average molecular weight is 243 g/mol. The molecule has 89 valence electrons. The second-order valence-electron chi connectivity index (χ2n) is 4.80. The predicted molar refractivity (Wildman–Crippen MR) is 79.1 cm³/mol. The molecule has 0 aromatic heterocycles. The zero-order valence-corrected chi connectivity index (χ0v) is 10.3. The van der Waals surface area contributed by atoms with Gasteiger partial charge in [0.15, 0.2) is 5.75 Å². The fourth-order valence-electron chi connectivity index (χ4n) is 2.83. The summed E-state index contributed by atoms with van der Waals surface area (Å²) in [4.78, 5) is 0. The maximum Gasteiger partial charge on any atom is 0.186 e. The molecule has 0 spiro atoms. The summed E-state index contributed by atoms with van der Waals surface area (Å²) in [6.45, 7) is 0. The van der Waals surface area contributed by atoms with E-state index in [1.54, 1.807) is 6.07 Å². The molecule has 0 aliphatic heterocycles. The minimum Gasteiger partial charge on any atom is -0.289 e. The molecule has 0 heterocycles. The summed E-state index contributed by atoms with van der Waals surface area (Å²) >= 11 is 0. The summed E-state index contributed by atoms with van der Waals surface area (Å²) in [6, 6.07) is 22.0. The van der Waals surface area contributed by atoms with E-state index in [9.17, 15) is 5.11 Å². The molecule has 0 aliphatic carbocycles. The van der Waals surface area contributed by atoms with Crippen LogP contribution < -0.4 is 0 Å². The van der Waals surface area contributed by atoms with Crippen LogP contribution in [-0.4, -0.2) is 0 Å². The molecule has 0 fully saturated rings. The highest BCUT2D eigenvalue weighted by Crippen LogP contribution is 2.35. The quantitative estimate of drug-likeness (QED) is 0.374. The Morgan fingerprint density at radius 3 is 2.21 bits per heavy atom. The average Bonchev–Trinajstić information content (AvgIpc) is 2.47. The number of benzene rings is 4. The Kier molecular flexibility index (Phi) is 2.04. The first-order valence-electron chi connectivity index (χ1n) is 6.35. The Balaban J connectivity index is 2.37. The Bertz CT molecular complexity index is 922. The third kappa shape index (κ3) is 1.42. The monoisotopic (exact) mass is 243 g/mol. The first-order chi connectivity index (χ1) is 9.34. The molecule has 4 aromatic carbocycles. The molecule has 0 saturated carbocycles. The molecule has 1 nitrogen and oxygen atoms in total. The van der Waals surface area contributed by atoms with Gasteiger partial charge in [0.1, 0.15) is 0 Å².